The van der Waals surface area contributed by atoms with Gasteiger partial charge in [0.05, 0.1) is 6.54 Å². The third-order valence-corrected chi connectivity index (χ3v) is 3.73. The van der Waals surface area contributed by atoms with Crippen LogP contribution >= 0.6 is 0 Å². The zero-order valence-electron chi connectivity index (χ0n) is 12.2. The maximum absolute atomic E-state index is 11.9. The van der Waals surface area contributed by atoms with Gasteiger partial charge in [-0.05, 0) is 37.8 Å². The number of nitrogens with one attached hydrogen (secondary N) is 1. The third kappa shape index (κ3) is 3.83. The Morgan fingerprint density at radius 1 is 1.30 bits per heavy atom. The van der Waals surface area contributed by atoms with Crippen LogP contribution in [0.4, 0.5) is 0 Å². The van der Waals surface area contributed by atoms with Crippen molar-refractivity contribution in [1.82, 2.24) is 10.2 Å². The quantitative estimate of drug-likeness (QED) is 0.912. The Bertz CT molecular complexity index is 511. The molecule has 1 aromatic rings. The highest BCUT2D eigenvalue weighted by atomic mass is 16.2. The highest BCUT2D eigenvalue weighted by Crippen LogP contribution is 2.11. The van der Waals surface area contributed by atoms with Crippen molar-refractivity contribution in [3.05, 3.63) is 34.9 Å². The van der Waals surface area contributed by atoms with Crippen LogP contribution in [0.15, 0.2) is 18.2 Å². The lowest BCUT2D eigenvalue weighted by Gasteiger charge is -2.26. The molecule has 108 valence electrons. The second-order valence-corrected chi connectivity index (χ2v) is 5.48. The zero-order valence-corrected chi connectivity index (χ0v) is 12.2. The molecule has 0 bridgehead atoms. The summed E-state index contributed by atoms with van der Waals surface area (Å²) in [5.74, 6) is 0.0122. The van der Waals surface area contributed by atoms with E-state index in [1.807, 2.05) is 19.1 Å². The van der Waals surface area contributed by atoms with Crippen molar-refractivity contribution in [2.24, 2.45) is 0 Å². The Hall–Kier alpha value is -1.84. The van der Waals surface area contributed by atoms with E-state index in [2.05, 4.69) is 18.3 Å². The van der Waals surface area contributed by atoms with Gasteiger partial charge < -0.3 is 10.2 Å². The monoisotopic (exact) mass is 274 g/mol. The van der Waals surface area contributed by atoms with E-state index in [1.165, 1.54) is 11.1 Å². The lowest BCUT2D eigenvalue weighted by Crippen LogP contribution is -2.42. The Kier molecular flexibility index (Phi) is 4.77. The van der Waals surface area contributed by atoms with Crippen molar-refractivity contribution in [2.75, 3.05) is 13.1 Å². The van der Waals surface area contributed by atoms with E-state index in [1.54, 1.807) is 4.90 Å². The summed E-state index contributed by atoms with van der Waals surface area (Å²) in [6.45, 7) is 5.51. The van der Waals surface area contributed by atoms with Crippen molar-refractivity contribution in [3.8, 4) is 0 Å². The first kappa shape index (κ1) is 14.6. The first-order valence-electron chi connectivity index (χ1n) is 7.17. The summed E-state index contributed by atoms with van der Waals surface area (Å²) in [6, 6.07) is 6.19. The topological polar surface area (TPSA) is 49.4 Å². The molecule has 1 aromatic carbocycles. The largest absolute Gasteiger partial charge is 0.350 e. The van der Waals surface area contributed by atoms with Gasteiger partial charge in [-0.15, -0.1) is 0 Å². The first-order valence-corrected chi connectivity index (χ1v) is 7.17. The number of hydrogen-bond acceptors (Lipinski definition) is 2. The van der Waals surface area contributed by atoms with Crippen molar-refractivity contribution in [2.45, 2.75) is 39.7 Å². The molecule has 1 aliphatic rings. The van der Waals surface area contributed by atoms with Gasteiger partial charge in [0.25, 0.3) is 0 Å². The Balaban J connectivity index is 1.84. The predicted octanol–water partition coefficient (Wildman–Crippen LogP) is 1.93. The number of nitrogens with zero attached hydrogens (tertiary/aromatic N) is 1. The van der Waals surface area contributed by atoms with Crippen LogP contribution in [0.5, 0.6) is 0 Å². The number of amides is 2. The molecule has 2 rings (SSSR count). The number of rotatable bonds is 4. The van der Waals surface area contributed by atoms with Crippen LogP contribution in [0.1, 0.15) is 36.0 Å². The van der Waals surface area contributed by atoms with Gasteiger partial charge in [-0.1, -0.05) is 23.8 Å². The molecular weight excluding hydrogens is 252 g/mol. The van der Waals surface area contributed by atoms with Gasteiger partial charge in [-0.25, -0.2) is 0 Å². The fourth-order valence-electron chi connectivity index (χ4n) is 2.50. The predicted molar refractivity (Wildman–Crippen MR) is 78.2 cm³/mol. The minimum absolute atomic E-state index is 0.0831. The summed E-state index contributed by atoms with van der Waals surface area (Å²) in [7, 11) is 0. The maximum Gasteiger partial charge on any atom is 0.239 e. The van der Waals surface area contributed by atoms with Gasteiger partial charge in [-0.3, -0.25) is 9.59 Å². The van der Waals surface area contributed by atoms with Gasteiger partial charge in [0.2, 0.25) is 11.8 Å². The van der Waals surface area contributed by atoms with Gasteiger partial charge in [-0.2, -0.15) is 0 Å². The number of carbonyl (C=O) groups is 2. The Labute approximate surface area is 120 Å². The minimum atomic E-state index is -0.0831. The smallest absolute Gasteiger partial charge is 0.239 e. The molecule has 1 N–H and O–H groups in total. The lowest BCUT2D eigenvalue weighted by atomic mass is 10.1. The first-order chi connectivity index (χ1) is 9.56. The molecule has 0 saturated carbocycles. The second kappa shape index (κ2) is 6.55. The molecule has 0 spiro atoms. The summed E-state index contributed by atoms with van der Waals surface area (Å²) in [4.78, 5) is 25.2. The van der Waals surface area contributed by atoms with Crippen molar-refractivity contribution in [1.29, 1.82) is 0 Å². The van der Waals surface area contributed by atoms with Gasteiger partial charge in [0.1, 0.15) is 0 Å². The molecule has 0 unspecified atom stereocenters. The lowest BCUT2D eigenvalue weighted by molar-refractivity contribution is -0.137. The summed E-state index contributed by atoms with van der Waals surface area (Å²) < 4.78 is 0. The number of piperidine rings is 1. The van der Waals surface area contributed by atoms with Crippen LogP contribution in [0.2, 0.25) is 0 Å². The van der Waals surface area contributed by atoms with Crippen molar-refractivity contribution < 1.29 is 9.59 Å². The number of carbonyl (C=O) groups excluding carboxylic acids is 2. The summed E-state index contributed by atoms with van der Waals surface area (Å²) in [5.41, 5.74) is 3.52. The molecule has 1 saturated heterocycles. The highest BCUT2D eigenvalue weighted by Gasteiger charge is 2.20. The number of hydrogen-bond donors (Lipinski definition) is 1. The standard InChI is InChI=1S/C16H22N2O2/c1-12-6-7-14(13(2)9-12)10-17-15(19)11-18-8-4-3-5-16(18)20/h6-7,9H,3-5,8,10-11H2,1-2H3,(H,17,19). The van der Waals surface area contributed by atoms with Gasteiger partial charge >= 0.3 is 0 Å². The highest BCUT2D eigenvalue weighted by molar-refractivity contribution is 5.85. The third-order valence-electron chi connectivity index (χ3n) is 3.73. The van der Waals surface area contributed by atoms with E-state index in [0.717, 1.165) is 18.4 Å². The number of benzene rings is 1. The normalized spacial score (nSPS) is 15.3. The number of likely N-dealkylation sites (tertiary alicyclic amines) is 1. The summed E-state index contributed by atoms with van der Waals surface area (Å²) in [5, 5.41) is 2.89. The molecule has 20 heavy (non-hydrogen) atoms. The van der Waals surface area contributed by atoms with E-state index >= 15 is 0 Å². The summed E-state index contributed by atoms with van der Waals surface area (Å²) >= 11 is 0. The molecule has 1 aliphatic heterocycles. The van der Waals surface area contributed by atoms with Gasteiger partial charge in [0, 0.05) is 19.5 Å². The molecular formula is C16H22N2O2. The average molecular weight is 274 g/mol. The van der Waals surface area contributed by atoms with Crippen LogP contribution in [-0.2, 0) is 16.1 Å². The second-order valence-electron chi connectivity index (χ2n) is 5.48. The maximum atomic E-state index is 11.9. The van der Waals surface area contributed by atoms with E-state index in [-0.39, 0.29) is 18.4 Å². The SMILES string of the molecule is Cc1ccc(CNC(=O)CN2CCCCC2=O)c(C)c1. The molecule has 1 heterocycles. The fourth-order valence-corrected chi connectivity index (χ4v) is 2.50. The Morgan fingerprint density at radius 2 is 2.10 bits per heavy atom. The van der Waals surface area contributed by atoms with E-state index in [9.17, 15) is 9.59 Å². The van der Waals surface area contributed by atoms with Crippen molar-refractivity contribution >= 4 is 11.8 Å². The van der Waals surface area contributed by atoms with E-state index < -0.39 is 0 Å². The van der Waals surface area contributed by atoms with Crippen LogP contribution in [0.25, 0.3) is 0 Å². The Morgan fingerprint density at radius 3 is 2.80 bits per heavy atom. The minimum Gasteiger partial charge on any atom is -0.350 e. The zero-order chi connectivity index (χ0) is 14.5. The molecule has 0 aromatic heterocycles. The molecule has 0 atom stereocenters. The van der Waals surface area contributed by atoms with Crippen LogP contribution in [0, 0.1) is 13.8 Å². The van der Waals surface area contributed by atoms with Crippen LogP contribution in [0.3, 0.4) is 0 Å². The molecule has 2 amide bonds. The fraction of sp³-hybridized carbons (Fsp3) is 0.500. The van der Waals surface area contributed by atoms with E-state index in [0.29, 0.717) is 19.5 Å². The molecule has 4 heteroatoms. The molecule has 4 nitrogen and oxygen atoms in total. The molecule has 0 aliphatic carbocycles. The molecule has 1 fully saturated rings. The van der Waals surface area contributed by atoms with Crippen LogP contribution in [-0.4, -0.2) is 29.8 Å². The van der Waals surface area contributed by atoms with Gasteiger partial charge in [0.15, 0.2) is 0 Å². The average Bonchev–Trinajstić information content (AvgIpc) is 2.40. The van der Waals surface area contributed by atoms with E-state index in [4.69, 9.17) is 0 Å². The summed E-state index contributed by atoms with van der Waals surface area (Å²) in [6.07, 6.45) is 2.51. The van der Waals surface area contributed by atoms with Crippen molar-refractivity contribution in [3.63, 3.8) is 0 Å². The number of aryl methyl sites for hydroxylation is 2. The molecule has 0 radical (unpaired) electrons. The van der Waals surface area contributed by atoms with Crippen LogP contribution < -0.4 is 5.32 Å².